The van der Waals surface area contributed by atoms with E-state index in [1.54, 1.807) is 4.90 Å². The Labute approximate surface area is 167 Å². The van der Waals surface area contributed by atoms with Gasteiger partial charge in [-0.05, 0) is 43.9 Å². The maximum absolute atomic E-state index is 14.6. The molecule has 3 aliphatic heterocycles. The molecule has 29 heavy (non-hydrogen) atoms. The number of sulfonamides is 1. The molecule has 0 radical (unpaired) electrons. The number of rotatable bonds is 3. The number of likely N-dealkylation sites (tertiary alicyclic amines) is 1. The smallest absolute Gasteiger partial charge is 0.322 e. The number of hydrogen-bond donors (Lipinski definition) is 2. The van der Waals surface area contributed by atoms with Crippen molar-refractivity contribution < 1.29 is 27.2 Å². The molecule has 156 valence electrons. The molecule has 3 fully saturated rings. The number of nitrogens with one attached hydrogen (secondary N) is 2. The number of carbonyl (C=O) groups excluding carboxylic acids is 3. The lowest BCUT2D eigenvalue weighted by Crippen LogP contribution is -2.59. The molecule has 1 unspecified atom stereocenters. The molecule has 3 aliphatic rings. The Balaban J connectivity index is 1.58. The summed E-state index contributed by atoms with van der Waals surface area (Å²) in [7, 11) is -4.11. The Hall–Kier alpha value is -2.53. The van der Waals surface area contributed by atoms with Crippen LogP contribution < -0.4 is 10.6 Å². The Morgan fingerprint density at radius 3 is 2.45 bits per heavy atom. The summed E-state index contributed by atoms with van der Waals surface area (Å²) in [6, 6.07) is 2.57. The van der Waals surface area contributed by atoms with Gasteiger partial charge < -0.3 is 10.2 Å². The normalized spacial score (nSPS) is 25.3. The van der Waals surface area contributed by atoms with E-state index in [0.29, 0.717) is 25.9 Å². The molecule has 2 N–H and O–H groups in total. The maximum atomic E-state index is 14.6. The Morgan fingerprint density at radius 1 is 1.10 bits per heavy atom. The number of amides is 4. The number of hydrogen-bond acceptors (Lipinski definition) is 5. The van der Waals surface area contributed by atoms with Crippen molar-refractivity contribution in [1.29, 1.82) is 0 Å². The van der Waals surface area contributed by atoms with E-state index in [9.17, 15) is 27.2 Å². The molecule has 4 amide bonds. The lowest BCUT2D eigenvalue weighted by Gasteiger charge is -2.37. The quantitative estimate of drug-likeness (QED) is 0.683. The van der Waals surface area contributed by atoms with Gasteiger partial charge in [0.05, 0.1) is 10.5 Å². The van der Waals surface area contributed by atoms with E-state index in [-0.39, 0.29) is 23.5 Å². The SMILES string of the molecule is O=C1NC(=O)C2(CCCN(S(=O)(=O)c3ccc(C(=O)N4CCCC4)c(F)c3)C2)N1. The van der Waals surface area contributed by atoms with Crippen LogP contribution >= 0.6 is 0 Å². The van der Waals surface area contributed by atoms with Gasteiger partial charge in [0.1, 0.15) is 11.4 Å². The molecule has 1 aromatic rings. The molecule has 0 aromatic heterocycles. The molecular weight excluding hydrogens is 403 g/mol. The summed E-state index contributed by atoms with van der Waals surface area (Å²) in [4.78, 5) is 37.3. The fraction of sp³-hybridized carbons (Fsp3) is 0.500. The van der Waals surface area contributed by atoms with Gasteiger partial charge in [0.2, 0.25) is 10.0 Å². The second-order valence-corrected chi connectivity index (χ2v) is 9.51. The predicted octanol–water partition coefficient (Wildman–Crippen LogP) is 0.424. The van der Waals surface area contributed by atoms with Gasteiger partial charge in [0.25, 0.3) is 11.8 Å². The molecule has 1 aromatic carbocycles. The van der Waals surface area contributed by atoms with Crippen molar-refractivity contribution >= 4 is 27.9 Å². The van der Waals surface area contributed by atoms with Crippen LogP contribution in [0.4, 0.5) is 9.18 Å². The van der Waals surface area contributed by atoms with Gasteiger partial charge in [-0.25, -0.2) is 17.6 Å². The van der Waals surface area contributed by atoms with Crippen LogP contribution in [0.2, 0.25) is 0 Å². The van der Waals surface area contributed by atoms with Gasteiger partial charge in [-0.15, -0.1) is 0 Å². The van der Waals surface area contributed by atoms with Crippen molar-refractivity contribution in [2.45, 2.75) is 36.1 Å². The maximum Gasteiger partial charge on any atom is 0.322 e. The van der Waals surface area contributed by atoms with Gasteiger partial charge in [-0.3, -0.25) is 14.9 Å². The molecule has 4 rings (SSSR count). The fourth-order valence-electron chi connectivity index (χ4n) is 4.11. The van der Waals surface area contributed by atoms with E-state index in [1.165, 1.54) is 12.1 Å². The number of benzene rings is 1. The number of halogens is 1. The van der Waals surface area contributed by atoms with Gasteiger partial charge in [-0.2, -0.15) is 4.31 Å². The monoisotopic (exact) mass is 424 g/mol. The molecule has 1 atom stereocenters. The van der Waals surface area contributed by atoms with Crippen molar-refractivity contribution in [3.63, 3.8) is 0 Å². The largest absolute Gasteiger partial charge is 0.339 e. The lowest BCUT2D eigenvalue weighted by atomic mass is 9.90. The van der Waals surface area contributed by atoms with Crippen LogP contribution in [0.3, 0.4) is 0 Å². The zero-order valence-electron chi connectivity index (χ0n) is 15.6. The van der Waals surface area contributed by atoms with Crippen LogP contribution in [-0.2, 0) is 14.8 Å². The summed E-state index contributed by atoms with van der Waals surface area (Å²) in [5.41, 5.74) is -1.48. The van der Waals surface area contributed by atoms with Crippen molar-refractivity contribution in [2.75, 3.05) is 26.2 Å². The first-order valence-corrected chi connectivity index (χ1v) is 10.9. The molecule has 0 bridgehead atoms. The lowest BCUT2D eigenvalue weighted by molar-refractivity contribution is -0.125. The molecule has 9 nitrogen and oxygen atoms in total. The first-order chi connectivity index (χ1) is 13.7. The van der Waals surface area contributed by atoms with Crippen LogP contribution in [0, 0.1) is 5.82 Å². The van der Waals surface area contributed by atoms with Crippen molar-refractivity contribution in [2.24, 2.45) is 0 Å². The van der Waals surface area contributed by atoms with Crippen molar-refractivity contribution in [1.82, 2.24) is 19.8 Å². The molecule has 1 spiro atoms. The molecule has 11 heteroatoms. The zero-order chi connectivity index (χ0) is 20.8. The third-order valence-corrected chi connectivity index (χ3v) is 7.52. The van der Waals surface area contributed by atoms with E-state index in [1.807, 2.05) is 0 Å². The third kappa shape index (κ3) is 3.38. The Morgan fingerprint density at radius 2 is 1.83 bits per heavy atom. The second kappa shape index (κ2) is 7.06. The van der Waals surface area contributed by atoms with Gasteiger partial charge in [0.15, 0.2) is 0 Å². The minimum atomic E-state index is -4.11. The number of urea groups is 1. The third-order valence-electron chi connectivity index (χ3n) is 5.67. The average molecular weight is 424 g/mol. The highest BCUT2D eigenvalue weighted by atomic mass is 32.2. The summed E-state index contributed by atoms with van der Waals surface area (Å²) < 4.78 is 41.7. The fourth-order valence-corrected chi connectivity index (χ4v) is 5.66. The van der Waals surface area contributed by atoms with Crippen LogP contribution in [0.15, 0.2) is 23.1 Å². The van der Waals surface area contributed by atoms with E-state index >= 15 is 0 Å². The number of piperidine rings is 1. The van der Waals surface area contributed by atoms with Gasteiger partial charge >= 0.3 is 6.03 Å². The van der Waals surface area contributed by atoms with Crippen LogP contribution in [-0.4, -0.2) is 67.2 Å². The first kappa shape index (κ1) is 19.8. The minimum absolute atomic E-state index is 0.142. The summed E-state index contributed by atoms with van der Waals surface area (Å²) in [5, 5.41) is 4.64. The minimum Gasteiger partial charge on any atom is -0.339 e. The van der Waals surface area contributed by atoms with Crippen LogP contribution in [0.1, 0.15) is 36.0 Å². The highest BCUT2D eigenvalue weighted by molar-refractivity contribution is 7.89. The van der Waals surface area contributed by atoms with Crippen LogP contribution in [0.25, 0.3) is 0 Å². The number of imide groups is 1. The molecule has 3 saturated heterocycles. The van der Waals surface area contributed by atoms with Gasteiger partial charge in [-0.1, -0.05) is 0 Å². The summed E-state index contributed by atoms with van der Waals surface area (Å²) in [5.74, 6) is -1.92. The average Bonchev–Trinajstić information content (AvgIpc) is 3.30. The van der Waals surface area contributed by atoms with Crippen molar-refractivity contribution in [3.8, 4) is 0 Å². The molecule has 3 heterocycles. The molecule has 0 saturated carbocycles. The highest BCUT2D eigenvalue weighted by Crippen LogP contribution is 2.29. The predicted molar refractivity (Wildman–Crippen MR) is 98.9 cm³/mol. The van der Waals surface area contributed by atoms with Gasteiger partial charge in [0, 0.05) is 26.2 Å². The Bertz CT molecular complexity index is 992. The topological polar surface area (TPSA) is 116 Å². The summed E-state index contributed by atoms with van der Waals surface area (Å²) >= 11 is 0. The molecular formula is C18H21FN4O5S. The number of carbonyl (C=O) groups is 3. The van der Waals surface area contributed by atoms with E-state index in [4.69, 9.17) is 0 Å². The van der Waals surface area contributed by atoms with Crippen LogP contribution in [0.5, 0.6) is 0 Å². The summed E-state index contributed by atoms with van der Waals surface area (Å²) in [6.45, 7) is 1.02. The first-order valence-electron chi connectivity index (χ1n) is 9.46. The highest BCUT2D eigenvalue weighted by Gasteiger charge is 2.50. The van der Waals surface area contributed by atoms with Crippen molar-refractivity contribution in [3.05, 3.63) is 29.6 Å². The summed E-state index contributed by atoms with van der Waals surface area (Å²) in [6.07, 6.45) is 2.40. The number of nitrogens with zero attached hydrogens (tertiary/aromatic N) is 2. The standard InChI is InChI=1S/C18H21FN4O5S/c19-14-10-12(4-5-13(14)15(24)22-7-1-2-8-22)29(27,28)23-9-3-6-18(11-23)16(25)20-17(26)21-18/h4-5,10H,1-3,6-9,11H2,(H2,20,21,25,26). The van der Waals surface area contributed by atoms with E-state index < -0.39 is 39.2 Å². The Kier molecular flexibility index (Phi) is 4.82. The molecule has 0 aliphatic carbocycles. The zero-order valence-corrected chi connectivity index (χ0v) is 16.4. The second-order valence-electron chi connectivity index (χ2n) is 7.57. The van der Waals surface area contributed by atoms with E-state index in [0.717, 1.165) is 23.2 Å². The van der Waals surface area contributed by atoms with E-state index in [2.05, 4.69) is 10.6 Å².